The number of halogens is 3. The van der Waals surface area contributed by atoms with E-state index in [0.29, 0.717) is 34.0 Å². The van der Waals surface area contributed by atoms with E-state index >= 15 is 0 Å². The lowest BCUT2D eigenvalue weighted by molar-refractivity contribution is 0.282. The van der Waals surface area contributed by atoms with Gasteiger partial charge in [-0.1, -0.05) is 35.3 Å². The minimum Gasteiger partial charge on any atom is -0.493 e. The van der Waals surface area contributed by atoms with E-state index in [1.165, 1.54) is 0 Å². The van der Waals surface area contributed by atoms with Crippen LogP contribution in [0, 0.1) is 0 Å². The van der Waals surface area contributed by atoms with Crippen molar-refractivity contribution in [3.8, 4) is 11.5 Å². The fraction of sp³-hybridized carbons (Fsp3) is 0.200. The molecular formula is C15H13Cl3O2. The van der Waals surface area contributed by atoms with Gasteiger partial charge in [0, 0.05) is 21.7 Å². The molecule has 20 heavy (non-hydrogen) atoms. The number of methoxy groups -OCH3 is 1. The predicted molar refractivity (Wildman–Crippen MR) is 83.3 cm³/mol. The fourth-order valence-electron chi connectivity index (χ4n) is 1.82. The maximum absolute atomic E-state index is 6.01. The van der Waals surface area contributed by atoms with Gasteiger partial charge in [-0.25, -0.2) is 0 Å². The molecule has 0 aromatic heterocycles. The molecule has 2 nitrogen and oxygen atoms in total. The Balaban J connectivity index is 2.24. The summed E-state index contributed by atoms with van der Waals surface area (Å²) in [6, 6.07) is 11.0. The normalized spacial score (nSPS) is 10.4. The van der Waals surface area contributed by atoms with Crippen LogP contribution in [0.4, 0.5) is 0 Å². The molecule has 2 aromatic carbocycles. The molecule has 0 heterocycles. The second-order valence-corrected chi connectivity index (χ2v) is 5.29. The summed E-state index contributed by atoms with van der Waals surface area (Å²) < 4.78 is 11.1. The number of benzene rings is 2. The highest BCUT2D eigenvalue weighted by molar-refractivity contribution is 6.31. The molecule has 0 unspecified atom stereocenters. The van der Waals surface area contributed by atoms with Gasteiger partial charge in [-0.2, -0.15) is 0 Å². The van der Waals surface area contributed by atoms with Crippen LogP contribution in [0.5, 0.6) is 11.5 Å². The van der Waals surface area contributed by atoms with E-state index in [-0.39, 0.29) is 0 Å². The molecule has 0 atom stereocenters. The molecule has 0 N–H and O–H groups in total. The van der Waals surface area contributed by atoms with Crippen molar-refractivity contribution in [2.75, 3.05) is 7.11 Å². The zero-order valence-electron chi connectivity index (χ0n) is 10.8. The first-order valence-corrected chi connectivity index (χ1v) is 7.22. The Kier molecular flexibility index (Phi) is 5.41. The summed E-state index contributed by atoms with van der Waals surface area (Å²) in [5, 5.41) is 1.24. The summed E-state index contributed by atoms with van der Waals surface area (Å²) >= 11 is 17.9. The highest BCUT2D eigenvalue weighted by Crippen LogP contribution is 2.36. The second-order valence-electron chi connectivity index (χ2n) is 4.15. The maximum Gasteiger partial charge on any atom is 0.166 e. The van der Waals surface area contributed by atoms with E-state index in [9.17, 15) is 0 Å². The van der Waals surface area contributed by atoms with E-state index in [4.69, 9.17) is 44.3 Å². The smallest absolute Gasteiger partial charge is 0.166 e. The molecule has 0 bridgehead atoms. The third-order valence-corrected chi connectivity index (χ3v) is 3.47. The second kappa shape index (κ2) is 7.07. The minimum absolute atomic E-state index is 0.293. The van der Waals surface area contributed by atoms with Crippen molar-refractivity contribution in [3.05, 3.63) is 57.6 Å². The third kappa shape index (κ3) is 3.72. The van der Waals surface area contributed by atoms with Gasteiger partial charge in [-0.05, 0) is 23.8 Å². The Morgan fingerprint density at radius 2 is 1.85 bits per heavy atom. The number of hydrogen-bond acceptors (Lipinski definition) is 2. The standard InChI is InChI=1S/C15H13Cl3O2/c1-19-14-7-13(18)6-11(8-16)15(14)20-9-10-3-2-4-12(17)5-10/h2-7H,8-9H2,1H3. The molecule has 0 saturated carbocycles. The van der Waals surface area contributed by atoms with Crippen molar-refractivity contribution in [2.24, 2.45) is 0 Å². The molecule has 0 fully saturated rings. The third-order valence-electron chi connectivity index (χ3n) is 2.73. The van der Waals surface area contributed by atoms with Crippen molar-refractivity contribution in [1.29, 1.82) is 0 Å². The van der Waals surface area contributed by atoms with Crippen molar-refractivity contribution in [2.45, 2.75) is 12.5 Å². The zero-order valence-corrected chi connectivity index (χ0v) is 13.1. The van der Waals surface area contributed by atoms with Crippen LogP contribution in [0.15, 0.2) is 36.4 Å². The quantitative estimate of drug-likeness (QED) is 0.690. The highest BCUT2D eigenvalue weighted by atomic mass is 35.5. The first-order chi connectivity index (χ1) is 9.63. The van der Waals surface area contributed by atoms with Gasteiger partial charge in [0.05, 0.1) is 13.0 Å². The van der Waals surface area contributed by atoms with Crippen molar-refractivity contribution in [3.63, 3.8) is 0 Å². The zero-order chi connectivity index (χ0) is 14.5. The lowest BCUT2D eigenvalue weighted by atomic mass is 10.2. The Hall–Kier alpha value is -1.09. The Bertz CT molecular complexity index is 574. The van der Waals surface area contributed by atoms with Crippen LogP contribution in [0.3, 0.4) is 0 Å². The predicted octanol–water partition coefficient (Wildman–Crippen LogP) is 5.32. The molecule has 2 rings (SSSR count). The molecule has 0 spiro atoms. The van der Waals surface area contributed by atoms with Crippen LogP contribution in [0.2, 0.25) is 10.0 Å². The fourth-order valence-corrected chi connectivity index (χ4v) is 2.46. The summed E-state index contributed by atoms with van der Waals surface area (Å²) in [5.74, 6) is 1.46. The Morgan fingerprint density at radius 3 is 2.50 bits per heavy atom. The van der Waals surface area contributed by atoms with Gasteiger partial charge in [0.25, 0.3) is 0 Å². The van der Waals surface area contributed by atoms with Gasteiger partial charge in [0.1, 0.15) is 6.61 Å². The first kappa shape index (κ1) is 15.3. The van der Waals surface area contributed by atoms with Gasteiger partial charge >= 0.3 is 0 Å². The SMILES string of the molecule is COc1cc(Cl)cc(CCl)c1OCc1cccc(Cl)c1. The van der Waals surface area contributed by atoms with E-state index in [1.54, 1.807) is 19.2 Å². The van der Waals surface area contributed by atoms with Crippen LogP contribution in [0.1, 0.15) is 11.1 Å². The molecular weight excluding hydrogens is 319 g/mol. The van der Waals surface area contributed by atoms with Crippen LogP contribution in [-0.2, 0) is 12.5 Å². The summed E-state index contributed by atoms with van der Waals surface area (Å²) in [7, 11) is 1.57. The van der Waals surface area contributed by atoms with Crippen molar-refractivity contribution < 1.29 is 9.47 Å². The lowest BCUT2D eigenvalue weighted by Crippen LogP contribution is -2.00. The molecule has 0 radical (unpaired) electrons. The van der Waals surface area contributed by atoms with E-state index < -0.39 is 0 Å². The number of alkyl halides is 1. The molecule has 0 saturated heterocycles. The van der Waals surface area contributed by atoms with Crippen LogP contribution in [0.25, 0.3) is 0 Å². The summed E-state index contributed by atoms with van der Waals surface area (Å²) in [4.78, 5) is 0. The van der Waals surface area contributed by atoms with Crippen molar-refractivity contribution in [1.82, 2.24) is 0 Å². The largest absolute Gasteiger partial charge is 0.493 e. The molecule has 0 aliphatic heterocycles. The van der Waals surface area contributed by atoms with Crippen LogP contribution in [-0.4, -0.2) is 7.11 Å². The average molecular weight is 332 g/mol. The van der Waals surface area contributed by atoms with Gasteiger partial charge in [-0.3, -0.25) is 0 Å². The number of rotatable bonds is 5. The van der Waals surface area contributed by atoms with Crippen LogP contribution < -0.4 is 9.47 Å². The monoisotopic (exact) mass is 330 g/mol. The number of hydrogen-bond donors (Lipinski definition) is 0. The lowest BCUT2D eigenvalue weighted by Gasteiger charge is -2.14. The number of ether oxygens (including phenoxy) is 2. The molecule has 0 aliphatic rings. The van der Waals surface area contributed by atoms with E-state index in [2.05, 4.69) is 0 Å². The molecule has 5 heteroatoms. The first-order valence-electron chi connectivity index (χ1n) is 5.93. The summed E-state index contributed by atoms with van der Waals surface area (Å²) in [6.45, 7) is 0.377. The Morgan fingerprint density at radius 1 is 1.05 bits per heavy atom. The van der Waals surface area contributed by atoms with Gasteiger partial charge < -0.3 is 9.47 Å². The summed E-state index contributed by atoms with van der Waals surface area (Å²) in [6.07, 6.45) is 0. The van der Waals surface area contributed by atoms with Crippen LogP contribution >= 0.6 is 34.8 Å². The summed E-state index contributed by atoms with van der Waals surface area (Å²) in [5.41, 5.74) is 1.76. The minimum atomic E-state index is 0.293. The molecule has 106 valence electrons. The molecule has 2 aromatic rings. The van der Waals surface area contributed by atoms with Gasteiger partial charge in [0.2, 0.25) is 0 Å². The van der Waals surface area contributed by atoms with Gasteiger partial charge in [0.15, 0.2) is 11.5 Å². The Labute approximate surface area is 133 Å². The van der Waals surface area contributed by atoms with E-state index in [1.807, 2.05) is 24.3 Å². The molecule has 0 amide bonds. The maximum atomic E-state index is 6.01. The van der Waals surface area contributed by atoms with E-state index in [0.717, 1.165) is 11.1 Å². The highest BCUT2D eigenvalue weighted by Gasteiger charge is 2.12. The topological polar surface area (TPSA) is 18.5 Å². The van der Waals surface area contributed by atoms with Crippen molar-refractivity contribution >= 4 is 34.8 Å². The van der Waals surface area contributed by atoms with Gasteiger partial charge in [-0.15, -0.1) is 11.6 Å². The molecule has 0 aliphatic carbocycles. The average Bonchev–Trinajstić information content (AvgIpc) is 2.45.